The molecule has 1 amide bonds. The van der Waals surface area contributed by atoms with Gasteiger partial charge >= 0.3 is 12.1 Å². The number of hydrogen-bond acceptors (Lipinski definition) is 4. The second kappa shape index (κ2) is 10.5. The summed E-state index contributed by atoms with van der Waals surface area (Å²) in [6, 6.07) is 22.1. The molecule has 40 heavy (non-hydrogen) atoms. The van der Waals surface area contributed by atoms with Gasteiger partial charge in [-0.05, 0) is 96.4 Å². The number of halogens is 3. The molecule has 0 aliphatic carbocycles. The van der Waals surface area contributed by atoms with Crippen LogP contribution >= 0.6 is 11.6 Å². The summed E-state index contributed by atoms with van der Waals surface area (Å²) in [4.78, 5) is 31.1. The van der Waals surface area contributed by atoms with Gasteiger partial charge in [-0.3, -0.25) is 4.90 Å². The third kappa shape index (κ3) is 5.01. The molecule has 4 aromatic carbocycles. The van der Waals surface area contributed by atoms with Crippen molar-refractivity contribution in [2.75, 3.05) is 6.54 Å². The molecule has 0 spiro atoms. The second-order valence-corrected chi connectivity index (χ2v) is 9.78. The maximum Gasteiger partial charge on any atom is 0.416 e. The molecule has 1 aromatic heterocycles. The lowest BCUT2D eigenvalue weighted by atomic mass is 9.92. The number of hydrogen-bond donors (Lipinski definition) is 1. The molecule has 1 N–H and O–H groups in total. The number of nitrogens with one attached hydrogen (secondary N) is 1. The number of aromatic nitrogens is 1. The van der Waals surface area contributed by atoms with Gasteiger partial charge in [0, 0.05) is 28.2 Å². The van der Waals surface area contributed by atoms with Gasteiger partial charge in [-0.15, -0.1) is 0 Å². The molecular formula is C31H21ClF2N2O4. The number of carbonyl (C=O) groups excluding carboxylic acids is 2. The lowest BCUT2D eigenvalue weighted by Gasteiger charge is -2.35. The van der Waals surface area contributed by atoms with E-state index in [4.69, 9.17) is 21.1 Å². The highest BCUT2D eigenvalue weighted by molar-refractivity contribution is 6.31. The average molecular weight is 559 g/mol. The zero-order valence-electron chi connectivity index (χ0n) is 20.9. The van der Waals surface area contributed by atoms with E-state index < -0.39 is 29.7 Å². The Bertz CT molecular complexity index is 1720. The minimum absolute atomic E-state index is 0.221. The molecule has 6 rings (SSSR count). The first-order chi connectivity index (χ1) is 19.4. The normalized spacial score (nSPS) is 14.6. The fourth-order valence-electron chi connectivity index (χ4n) is 4.94. The number of esters is 1. The number of ether oxygens (including phenoxy) is 2. The van der Waals surface area contributed by atoms with E-state index in [-0.39, 0.29) is 17.1 Å². The molecule has 0 saturated carbocycles. The Labute approximate surface area is 232 Å². The van der Waals surface area contributed by atoms with Crippen molar-refractivity contribution in [1.29, 1.82) is 0 Å². The summed E-state index contributed by atoms with van der Waals surface area (Å²) >= 11 is 6.28. The summed E-state index contributed by atoms with van der Waals surface area (Å²) in [6.45, 7) is 0.353. The molecule has 1 aliphatic heterocycles. The third-order valence-electron chi connectivity index (χ3n) is 6.83. The Morgan fingerprint density at radius 1 is 0.825 bits per heavy atom. The Morgan fingerprint density at radius 2 is 1.45 bits per heavy atom. The Hall–Kier alpha value is -4.69. The SMILES string of the molecule is O=C(Oc1ccc(F)cc1)c1ccc(C2c3[nH]c4ccc(Cl)cc4c3CCN2C(=O)Oc2ccc(F)cc2)cc1. The van der Waals surface area contributed by atoms with Crippen LogP contribution in [0.2, 0.25) is 5.02 Å². The monoisotopic (exact) mass is 558 g/mol. The zero-order chi connectivity index (χ0) is 27.8. The quantitative estimate of drug-likeness (QED) is 0.183. The fourth-order valence-corrected chi connectivity index (χ4v) is 5.11. The molecule has 6 nitrogen and oxygen atoms in total. The molecular weight excluding hydrogens is 538 g/mol. The van der Waals surface area contributed by atoms with Gasteiger partial charge in [0.05, 0.1) is 5.56 Å². The summed E-state index contributed by atoms with van der Waals surface area (Å²) in [5, 5.41) is 1.58. The Balaban J connectivity index is 1.34. The highest BCUT2D eigenvalue weighted by Gasteiger charge is 2.36. The second-order valence-electron chi connectivity index (χ2n) is 9.34. The summed E-state index contributed by atoms with van der Waals surface area (Å²) in [5.41, 5.74) is 3.74. The van der Waals surface area contributed by atoms with Gasteiger partial charge in [-0.2, -0.15) is 0 Å². The van der Waals surface area contributed by atoms with Crippen molar-refractivity contribution in [3.8, 4) is 11.5 Å². The zero-order valence-corrected chi connectivity index (χ0v) is 21.6. The topological polar surface area (TPSA) is 71.6 Å². The van der Waals surface area contributed by atoms with E-state index in [1.807, 2.05) is 12.1 Å². The Kier molecular flexibility index (Phi) is 6.69. The van der Waals surface area contributed by atoms with Crippen molar-refractivity contribution in [2.24, 2.45) is 0 Å². The van der Waals surface area contributed by atoms with E-state index in [0.29, 0.717) is 18.0 Å². The minimum Gasteiger partial charge on any atom is -0.423 e. The van der Waals surface area contributed by atoms with Gasteiger partial charge in [0.1, 0.15) is 29.2 Å². The van der Waals surface area contributed by atoms with Crippen LogP contribution in [0.1, 0.15) is 33.2 Å². The lowest BCUT2D eigenvalue weighted by Crippen LogP contribution is -2.42. The van der Waals surface area contributed by atoms with Crippen LogP contribution in [-0.2, 0) is 6.42 Å². The molecule has 1 atom stereocenters. The summed E-state index contributed by atoms with van der Waals surface area (Å²) < 4.78 is 37.5. The molecule has 2 heterocycles. The third-order valence-corrected chi connectivity index (χ3v) is 7.06. The Morgan fingerprint density at radius 3 is 2.10 bits per heavy atom. The predicted molar refractivity (Wildman–Crippen MR) is 146 cm³/mol. The van der Waals surface area contributed by atoms with Crippen molar-refractivity contribution in [3.05, 3.63) is 130 Å². The molecule has 0 fully saturated rings. The van der Waals surface area contributed by atoms with Crippen LogP contribution in [0, 0.1) is 11.6 Å². The predicted octanol–water partition coefficient (Wildman–Crippen LogP) is 7.47. The number of aromatic amines is 1. The highest BCUT2D eigenvalue weighted by atomic mass is 35.5. The van der Waals surface area contributed by atoms with E-state index in [2.05, 4.69) is 4.98 Å². The minimum atomic E-state index is -0.602. The molecule has 9 heteroatoms. The fraction of sp³-hybridized carbons (Fsp3) is 0.0968. The van der Waals surface area contributed by atoms with Crippen LogP contribution in [0.3, 0.4) is 0 Å². The smallest absolute Gasteiger partial charge is 0.416 e. The van der Waals surface area contributed by atoms with E-state index >= 15 is 0 Å². The van der Waals surface area contributed by atoms with Crippen LogP contribution in [0.5, 0.6) is 11.5 Å². The van der Waals surface area contributed by atoms with E-state index in [1.54, 1.807) is 35.2 Å². The van der Waals surface area contributed by atoms with Crippen LogP contribution in [0.4, 0.5) is 13.6 Å². The molecule has 0 radical (unpaired) electrons. The maximum atomic E-state index is 13.4. The van der Waals surface area contributed by atoms with Gasteiger partial charge in [0.2, 0.25) is 0 Å². The maximum absolute atomic E-state index is 13.4. The van der Waals surface area contributed by atoms with Crippen molar-refractivity contribution in [2.45, 2.75) is 12.5 Å². The van der Waals surface area contributed by atoms with Crippen LogP contribution in [0.25, 0.3) is 10.9 Å². The summed E-state index contributed by atoms with van der Waals surface area (Å²) in [5.74, 6) is -1.03. The largest absolute Gasteiger partial charge is 0.423 e. The molecule has 200 valence electrons. The van der Waals surface area contributed by atoms with Crippen LogP contribution < -0.4 is 9.47 Å². The molecule has 1 aliphatic rings. The standard InChI is InChI=1S/C31H21ClF2N2O4/c32-20-5-14-27-26(17-20)25-15-16-36(31(38)40-24-12-8-22(34)9-13-24)29(28(25)35-27)18-1-3-19(4-2-18)30(37)39-23-10-6-21(33)7-11-23/h1-14,17,29,35H,15-16H2. The first-order valence-electron chi connectivity index (χ1n) is 12.5. The first-order valence-corrected chi connectivity index (χ1v) is 12.9. The highest BCUT2D eigenvalue weighted by Crippen LogP contribution is 2.39. The van der Waals surface area contributed by atoms with E-state index in [9.17, 15) is 18.4 Å². The van der Waals surface area contributed by atoms with E-state index in [0.717, 1.165) is 27.7 Å². The first kappa shape index (κ1) is 25.6. The summed E-state index contributed by atoms with van der Waals surface area (Å²) in [7, 11) is 0. The van der Waals surface area contributed by atoms with Gasteiger partial charge in [0.15, 0.2) is 0 Å². The van der Waals surface area contributed by atoms with Crippen molar-refractivity contribution in [3.63, 3.8) is 0 Å². The number of carbonyl (C=O) groups is 2. The number of fused-ring (bicyclic) bond motifs is 3. The van der Waals surface area contributed by atoms with Crippen LogP contribution in [-0.4, -0.2) is 28.5 Å². The van der Waals surface area contributed by atoms with Crippen molar-refractivity contribution < 1.29 is 27.8 Å². The molecule has 0 saturated heterocycles. The molecule has 1 unspecified atom stereocenters. The number of benzene rings is 4. The van der Waals surface area contributed by atoms with Crippen LogP contribution in [0.15, 0.2) is 91.0 Å². The van der Waals surface area contributed by atoms with Gasteiger partial charge in [0.25, 0.3) is 0 Å². The number of amides is 1. The average Bonchev–Trinajstić information content (AvgIpc) is 3.33. The number of rotatable bonds is 4. The van der Waals surface area contributed by atoms with Crippen molar-refractivity contribution >= 4 is 34.6 Å². The van der Waals surface area contributed by atoms with Gasteiger partial charge < -0.3 is 14.5 Å². The molecule has 5 aromatic rings. The molecule has 0 bridgehead atoms. The summed E-state index contributed by atoms with van der Waals surface area (Å²) in [6.07, 6.45) is -0.0361. The van der Waals surface area contributed by atoms with Gasteiger partial charge in [-0.1, -0.05) is 23.7 Å². The number of nitrogens with zero attached hydrogens (tertiary/aromatic N) is 1. The van der Waals surface area contributed by atoms with Gasteiger partial charge in [-0.25, -0.2) is 18.4 Å². The number of H-pyrrole nitrogens is 1. The van der Waals surface area contributed by atoms with E-state index in [1.165, 1.54) is 48.5 Å². The lowest BCUT2D eigenvalue weighted by molar-refractivity contribution is 0.0734. The van der Waals surface area contributed by atoms with Crippen molar-refractivity contribution in [1.82, 2.24) is 9.88 Å².